The van der Waals surface area contributed by atoms with Gasteiger partial charge in [-0.3, -0.25) is 0 Å². The Hall–Kier alpha value is -0.750. The van der Waals surface area contributed by atoms with Crippen molar-refractivity contribution < 1.29 is 10.2 Å². The van der Waals surface area contributed by atoms with E-state index >= 15 is 0 Å². The highest BCUT2D eigenvalue weighted by Gasteiger charge is 2.25. The van der Waals surface area contributed by atoms with Crippen LogP contribution >= 0.6 is 35.0 Å². The van der Waals surface area contributed by atoms with Crippen LogP contribution in [-0.2, 0) is 0 Å². The van der Waals surface area contributed by atoms with Gasteiger partial charge in [-0.2, -0.15) is 11.8 Å². The van der Waals surface area contributed by atoms with Crippen LogP contribution in [0.5, 0.6) is 0 Å². The minimum Gasteiger partial charge on any atom is -0.396 e. The molecule has 0 bridgehead atoms. The summed E-state index contributed by atoms with van der Waals surface area (Å²) in [6, 6.07) is 14.8. The van der Waals surface area contributed by atoms with Crippen molar-refractivity contribution >= 4 is 35.0 Å². The van der Waals surface area contributed by atoms with E-state index in [2.05, 4.69) is 12.2 Å². The van der Waals surface area contributed by atoms with Crippen molar-refractivity contribution in [3.8, 4) is 0 Å². The third kappa shape index (κ3) is 6.45. The maximum Gasteiger partial charge on any atom is 0.0985 e. The molecule has 142 valence electrons. The van der Waals surface area contributed by atoms with Gasteiger partial charge in [-0.1, -0.05) is 54.4 Å². The quantitative estimate of drug-likeness (QED) is 0.486. The first kappa shape index (κ1) is 21.5. The SMILES string of the molecule is CC[C@@H](CSCCO)N[C@H](c1ccc(Cl)cc1)[C@H](O)c1cccc(Cl)c1. The second-order valence-corrected chi connectivity index (χ2v) is 8.12. The van der Waals surface area contributed by atoms with Crippen LogP contribution in [0, 0.1) is 0 Å². The molecule has 0 aliphatic rings. The van der Waals surface area contributed by atoms with Gasteiger partial charge in [0.05, 0.1) is 18.8 Å². The van der Waals surface area contributed by atoms with Crippen molar-refractivity contribution in [2.45, 2.75) is 31.5 Å². The molecule has 0 spiro atoms. The zero-order chi connectivity index (χ0) is 18.9. The first-order chi connectivity index (χ1) is 12.5. The summed E-state index contributed by atoms with van der Waals surface area (Å²) in [5.74, 6) is 1.57. The predicted molar refractivity (Wildman–Crippen MR) is 112 cm³/mol. The molecule has 0 radical (unpaired) electrons. The van der Waals surface area contributed by atoms with E-state index in [1.807, 2.05) is 36.4 Å². The lowest BCUT2D eigenvalue weighted by atomic mass is 9.95. The largest absolute Gasteiger partial charge is 0.396 e. The van der Waals surface area contributed by atoms with Crippen LogP contribution in [0.4, 0.5) is 0 Å². The van der Waals surface area contributed by atoms with Gasteiger partial charge in [0.2, 0.25) is 0 Å². The smallest absolute Gasteiger partial charge is 0.0985 e. The van der Waals surface area contributed by atoms with Crippen LogP contribution in [0.3, 0.4) is 0 Å². The summed E-state index contributed by atoms with van der Waals surface area (Å²) in [5, 5.41) is 24.9. The molecular formula is C20H25Cl2NO2S. The van der Waals surface area contributed by atoms with Crippen LogP contribution in [0.1, 0.15) is 36.6 Å². The van der Waals surface area contributed by atoms with Gasteiger partial charge in [0.1, 0.15) is 0 Å². The summed E-state index contributed by atoms with van der Waals surface area (Å²) in [7, 11) is 0. The maximum absolute atomic E-state index is 11.0. The molecule has 0 fully saturated rings. The second kappa shape index (κ2) is 11.2. The third-order valence-electron chi connectivity index (χ3n) is 4.20. The van der Waals surface area contributed by atoms with E-state index < -0.39 is 6.10 Å². The molecule has 0 unspecified atom stereocenters. The molecule has 0 saturated heterocycles. The standard InChI is InChI=1S/C20H25Cl2NO2S/c1-2-18(13-26-11-10-24)23-19(14-6-8-16(21)9-7-14)20(25)15-4-3-5-17(22)12-15/h3-9,12,18-20,23-25H,2,10-11,13H2,1H3/t18-,19+,20+/m0/s1. The van der Waals surface area contributed by atoms with Crippen LogP contribution in [0.25, 0.3) is 0 Å². The number of nitrogens with one attached hydrogen (secondary N) is 1. The number of aliphatic hydroxyl groups is 2. The predicted octanol–water partition coefficient (Wildman–Crippen LogP) is 4.86. The Morgan fingerprint density at radius 1 is 1.04 bits per heavy atom. The Balaban J connectivity index is 2.24. The lowest BCUT2D eigenvalue weighted by molar-refractivity contribution is 0.122. The van der Waals surface area contributed by atoms with Crippen molar-refractivity contribution in [3.63, 3.8) is 0 Å². The second-order valence-electron chi connectivity index (χ2n) is 6.10. The Morgan fingerprint density at radius 2 is 1.77 bits per heavy atom. The molecule has 2 aromatic carbocycles. The molecule has 0 heterocycles. The molecule has 2 aromatic rings. The van der Waals surface area contributed by atoms with Gasteiger partial charge in [-0.05, 0) is 41.8 Å². The van der Waals surface area contributed by atoms with E-state index in [9.17, 15) is 5.11 Å². The zero-order valence-electron chi connectivity index (χ0n) is 14.7. The highest BCUT2D eigenvalue weighted by molar-refractivity contribution is 7.99. The van der Waals surface area contributed by atoms with Crippen LogP contribution in [0.2, 0.25) is 10.0 Å². The monoisotopic (exact) mass is 413 g/mol. The molecule has 3 atom stereocenters. The molecular weight excluding hydrogens is 389 g/mol. The fourth-order valence-corrected chi connectivity index (χ4v) is 3.99. The number of hydrogen-bond donors (Lipinski definition) is 3. The summed E-state index contributed by atoms with van der Waals surface area (Å²) in [4.78, 5) is 0. The lowest BCUT2D eigenvalue weighted by Gasteiger charge is -2.29. The van der Waals surface area contributed by atoms with Crippen molar-refractivity contribution in [2.75, 3.05) is 18.1 Å². The molecule has 2 rings (SSSR count). The topological polar surface area (TPSA) is 52.5 Å². The van der Waals surface area contributed by atoms with Crippen molar-refractivity contribution in [3.05, 3.63) is 69.7 Å². The highest BCUT2D eigenvalue weighted by Crippen LogP contribution is 2.31. The summed E-state index contributed by atoms with van der Waals surface area (Å²) >= 11 is 13.8. The minimum atomic E-state index is -0.744. The van der Waals surface area contributed by atoms with Gasteiger partial charge >= 0.3 is 0 Å². The number of hydrogen-bond acceptors (Lipinski definition) is 4. The van der Waals surface area contributed by atoms with E-state index in [0.717, 1.165) is 23.3 Å². The van der Waals surface area contributed by atoms with Crippen LogP contribution in [0.15, 0.2) is 48.5 Å². The molecule has 3 nitrogen and oxygen atoms in total. The highest BCUT2D eigenvalue weighted by atomic mass is 35.5. The van der Waals surface area contributed by atoms with E-state index in [1.165, 1.54) is 0 Å². The van der Waals surface area contributed by atoms with Crippen molar-refractivity contribution in [2.24, 2.45) is 0 Å². The van der Waals surface area contributed by atoms with Gasteiger partial charge in [0.15, 0.2) is 0 Å². The van der Waals surface area contributed by atoms with Crippen molar-refractivity contribution in [1.82, 2.24) is 5.32 Å². The zero-order valence-corrected chi connectivity index (χ0v) is 17.1. The summed E-state index contributed by atoms with van der Waals surface area (Å²) in [6.45, 7) is 2.29. The fourth-order valence-electron chi connectivity index (χ4n) is 2.75. The van der Waals surface area contributed by atoms with Gasteiger partial charge in [-0.15, -0.1) is 0 Å². The molecule has 0 amide bonds. The molecule has 0 aromatic heterocycles. The first-order valence-electron chi connectivity index (χ1n) is 8.68. The molecule has 0 aliphatic heterocycles. The average molecular weight is 414 g/mol. The number of rotatable bonds is 10. The molecule has 6 heteroatoms. The normalized spacial score (nSPS) is 14.8. The Bertz CT molecular complexity index is 669. The number of aliphatic hydroxyl groups excluding tert-OH is 2. The van der Waals surface area contributed by atoms with Gasteiger partial charge in [-0.25, -0.2) is 0 Å². The van der Waals surface area contributed by atoms with Gasteiger partial charge in [0, 0.05) is 27.6 Å². The average Bonchev–Trinajstić information content (AvgIpc) is 2.65. The lowest BCUT2D eigenvalue weighted by Crippen LogP contribution is -2.37. The molecule has 0 saturated carbocycles. The molecule has 0 aliphatic carbocycles. The molecule has 3 N–H and O–H groups in total. The summed E-state index contributed by atoms with van der Waals surface area (Å²) in [5.41, 5.74) is 1.73. The Labute approximate surface area is 169 Å². The van der Waals surface area contributed by atoms with Crippen LogP contribution < -0.4 is 5.32 Å². The van der Waals surface area contributed by atoms with Gasteiger partial charge in [0.25, 0.3) is 0 Å². The maximum atomic E-state index is 11.0. The van der Waals surface area contributed by atoms with E-state index in [4.69, 9.17) is 28.3 Å². The van der Waals surface area contributed by atoms with Gasteiger partial charge < -0.3 is 15.5 Å². The third-order valence-corrected chi connectivity index (χ3v) is 5.79. The van der Waals surface area contributed by atoms with Crippen LogP contribution in [-0.4, -0.2) is 34.4 Å². The van der Waals surface area contributed by atoms with Crippen molar-refractivity contribution in [1.29, 1.82) is 0 Å². The van der Waals surface area contributed by atoms with E-state index in [0.29, 0.717) is 15.8 Å². The van der Waals surface area contributed by atoms with E-state index in [-0.39, 0.29) is 18.7 Å². The Morgan fingerprint density at radius 3 is 2.38 bits per heavy atom. The summed E-state index contributed by atoms with van der Waals surface area (Å²) < 4.78 is 0. The molecule has 26 heavy (non-hydrogen) atoms. The minimum absolute atomic E-state index is 0.173. The fraction of sp³-hybridized carbons (Fsp3) is 0.400. The number of thioether (sulfide) groups is 1. The number of halogens is 2. The first-order valence-corrected chi connectivity index (χ1v) is 10.6. The van der Waals surface area contributed by atoms with E-state index in [1.54, 1.807) is 23.9 Å². The summed E-state index contributed by atoms with van der Waals surface area (Å²) in [6.07, 6.45) is 0.178. The number of benzene rings is 2. The Kier molecular flexibility index (Phi) is 9.26.